The normalized spacial score (nSPS) is 15.1. The van der Waals surface area contributed by atoms with Crippen LogP contribution in [-0.2, 0) is 23.9 Å². The zero-order chi connectivity index (χ0) is 32.6. The fourth-order valence-electron chi connectivity index (χ4n) is 3.68. The largest absolute Gasteiger partial charge is 0.488 e. The SMILES string of the molecule is COC(=O)C(CCN[C@@H](CS)C(=O)S)NC(=O)c1sc(C(=O)NC(CCSN[C@@H](C=S)CO)C(=O)OC)c2c1OCCCO2. The van der Waals surface area contributed by atoms with Gasteiger partial charge in [0.1, 0.15) is 21.8 Å². The van der Waals surface area contributed by atoms with Crippen molar-refractivity contribution in [3.63, 3.8) is 0 Å². The van der Waals surface area contributed by atoms with Crippen molar-refractivity contribution in [3.8, 4) is 11.5 Å². The topological polar surface area (TPSA) is 191 Å². The summed E-state index contributed by atoms with van der Waals surface area (Å²) < 4.78 is 24.2. The maximum Gasteiger partial charge on any atom is 0.328 e. The van der Waals surface area contributed by atoms with E-state index in [4.69, 9.17) is 31.2 Å². The molecule has 1 aliphatic heterocycles. The Balaban J connectivity index is 2.24. The monoisotopic (exact) mass is 712 g/mol. The van der Waals surface area contributed by atoms with Gasteiger partial charge in [0, 0.05) is 17.9 Å². The number of thiol groups is 2. The van der Waals surface area contributed by atoms with Crippen LogP contribution in [0.2, 0.25) is 0 Å². The molecule has 0 saturated carbocycles. The summed E-state index contributed by atoms with van der Waals surface area (Å²) in [5, 5.41) is 18.3. The summed E-state index contributed by atoms with van der Waals surface area (Å²) >= 11 is 14.7. The summed E-state index contributed by atoms with van der Waals surface area (Å²) in [4.78, 5) is 63.3. The number of nitrogens with one attached hydrogen (secondary N) is 4. The number of esters is 2. The number of thiocarbonyl (C=S) groups is 1. The minimum atomic E-state index is -1.10. The van der Waals surface area contributed by atoms with E-state index < -0.39 is 53.0 Å². The fraction of sp³-hybridized carbons (Fsp3) is 0.600. The molecule has 1 aromatic heterocycles. The molecular weight excluding hydrogens is 677 g/mol. The predicted molar refractivity (Wildman–Crippen MR) is 175 cm³/mol. The van der Waals surface area contributed by atoms with Gasteiger partial charge in [-0.05, 0) is 24.8 Å². The summed E-state index contributed by atoms with van der Waals surface area (Å²) in [6.07, 6.45) is 0.727. The van der Waals surface area contributed by atoms with Crippen molar-refractivity contribution in [2.24, 2.45) is 0 Å². The van der Waals surface area contributed by atoms with E-state index in [0.717, 1.165) is 11.3 Å². The molecule has 0 bridgehead atoms. The number of fused-ring (bicyclic) bond motifs is 1. The second-order valence-corrected chi connectivity index (χ2v) is 12.1. The molecule has 2 heterocycles. The van der Waals surface area contributed by atoms with E-state index in [9.17, 15) is 29.1 Å². The van der Waals surface area contributed by atoms with Crippen LogP contribution in [0.3, 0.4) is 0 Å². The molecule has 0 fully saturated rings. The number of hydrogen-bond acceptors (Lipinski definition) is 16. The molecule has 0 aliphatic carbocycles. The summed E-state index contributed by atoms with van der Waals surface area (Å²) in [5.74, 6) is -2.19. The minimum absolute atomic E-state index is 0.00650. The highest BCUT2D eigenvalue weighted by Gasteiger charge is 2.34. The highest BCUT2D eigenvalue weighted by molar-refractivity contribution is 7.97. The number of ether oxygens (including phenoxy) is 4. The van der Waals surface area contributed by atoms with Gasteiger partial charge in [-0.3, -0.25) is 19.1 Å². The van der Waals surface area contributed by atoms with E-state index in [1.807, 2.05) is 0 Å². The lowest BCUT2D eigenvalue weighted by Crippen LogP contribution is -2.45. The Labute approximate surface area is 279 Å². The van der Waals surface area contributed by atoms with Crippen molar-refractivity contribution in [1.29, 1.82) is 0 Å². The maximum atomic E-state index is 13.4. The molecular formula is C25H36N4O10S5. The Bertz CT molecular complexity index is 1170. The third kappa shape index (κ3) is 11.3. The van der Waals surface area contributed by atoms with E-state index >= 15 is 0 Å². The zero-order valence-corrected chi connectivity index (χ0v) is 28.2. The molecule has 246 valence electrons. The Morgan fingerprint density at radius 3 is 2.00 bits per heavy atom. The number of carbonyl (C=O) groups is 5. The number of hydrogen-bond donors (Lipinski definition) is 7. The van der Waals surface area contributed by atoms with Crippen LogP contribution in [0.25, 0.3) is 0 Å². The van der Waals surface area contributed by atoms with Gasteiger partial charge in [-0.1, -0.05) is 24.2 Å². The van der Waals surface area contributed by atoms with Crippen LogP contribution in [0.15, 0.2) is 0 Å². The van der Waals surface area contributed by atoms with Gasteiger partial charge in [0.25, 0.3) is 11.8 Å². The van der Waals surface area contributed by atoms with Crippen LogP contribution in [0.4, 0.5) is 0 Å². The molecule has 44 heavy (non-hydrogen) atoms. The summed E-state index contributed by atoms with van der Waals surface area (Å²) in [6, 6.07) is -3.20. The summed E-state index contributed by atoms with van der Waals surface area (Å²) in [5.41, 5.74) is 0. The third-order valence-corrected chi connectivity index (χ3v) is 9.07. The van der Waals surface area contributed by atoms with E-state index in [-0.39, 0.29) is 66.2 Å². The van der Waals surface area contributed by atoms with Gasteiger partial charge in [-0.25, -0.2) is 9.59 Å². The van der Waals surface area contributed by atoms with Gasteiger partial charge >= 0.3 is 11.9 Å². The molecule has 5 N–H and O–H groups in total. The maximum absolute atomic E-state index is 13.4. The highest BCUT2D eigenvalue weighted by atomic mass is 32.2. The van der Waals surface area contributed by atoms with Crippen LogP contribution >= 0.6 is 60.8 Å². The van der Waals surface area contributed by atoms with Crippen molar-refractivity contribution in [2.45, 2.75) is 43.4 Å². The molecule has 0 spiro atoms. The smallest absolute Gasteiger partial charge is 0.328 e. The number of thiophene rings is 1. The first-order valence-corrected chi connectivity index (χ1v) is 16.7. The van der Waals surface area contributed by atoms with Crippen molar-refractivity contribution in [2.75, 3.05) is 52.1 Å². The molecule has 4 atom stereocenters. The van der Waals surface area contributed by atoms with Gasteiger partial charge in [0.05, 0.1) is 46.1 Å². The Kier molecular flexibility index (Phi) is 17.4. The first-order chi connectivity index (χ1) is 21.1. The molecule has 0 radical (unpaired) electrons. The molecule has 19 heteroatoms. The first kappa shape index (κ1) is 38.1. The van der Waals surface area contributed by atoms with E-state index in [0.29, 0.717) is 12.2 Å². The van der Waals surface area contributed by atoms with Crippen LogP contribution in [0, 0.1) is 0 Å². The number of rotatable bonds is 19. The lowest BCUT2D eigenvalue weighted by atomic mass is 10.2. The molecule has 2 rings (SSSR count). The van der Waals surface area contributed by atoms with Crippen LogP contribution in [-0.4, -0.2) is 116 Å². The number of carbonyl (C=O) groups excluding carboxylic acids is 5. The van der Waals surface area contributed by atoms with Crippen molar-refractivity contribution in [1.82, 2.24) is 20.7 Å². The second-order valence-electron chi connectivity index (χ2n) is 9.06. The first-order valence-electron chi connectivity index (χ1n) is 13.3. The Morgan fingerprint density at radius 1 is 1.00 bits per heavy atom. The summed E-state index contributed by atoms with van der Waals surface area (Å²) in [7, 11) is 2.37. The van der Waals surface area contributed by atoms with Gasteiger partial charge in [0.15, 0.2) is 11.5 Å². The average molecular weight is 713 g/mol. The molecule has 1 aliphatic rings. The molecule has 2 unspecified atom stereocenters. The van der Waals surface area contributed by atoms with Crippen molar-refractivity contribution >= 4 is 95.0 Å². The molecule has 1 aromatic rings. The quantitative estimate of drug-likeness (QED) is 0.0338. The van der Waals surface area contributed by atoms with Crippen LogP contribution in [0.5, 0.6) is 11.5 Å². The lowest BCUT2D eigenvalue weighted by molar-refractivity contribution is -0.143. The van der Waals surface area contributed by atoms with E-state index in [2.05, 4.69) is 45.9 Å². The van der Waals surface area contributed by atoms with Crippen LogP contribution in [0.1, 0.15) is 38.6 Å². The van der Waals surface area contributed by atoms with E-state index in [1.165, 1.54) is 31.5 Å². The second kappa shape index (κ2) is 20.1. The zero-order valence-electron chi connectivity index (χ0n) is 24.0. The highest BCUT2D eigenvalue weighted by Crippen LogP contribution is 2.43. The molecule has 0 saturated heterocycles. The predicted octanol–water partition coefficient (Wildman–Crippen LogP) is 0.175. The summed E-state index contributed by atoms with van der Waals surface area (Å²) in [6.45, 7) is 0.387. The molecule has 2 amide bonds. The number of aliphatic hydroxyl groups is 1. The Morgan fingerprint density at radius 2 is 1.55 bits per heavy atom. The Hall–Kier alpha value is -2.13. The number of methoxy groups -OCH3 is 2. The standard InChI is InChI=1S/C25H36N4O10S5/c1-36-23(33)14(4-6-26-16(12-41)25(35)42)27-21(31)19-17-18(39-8-3-7-38-17)20(44-19)22(32)28-15(24(34)37-2)5-9-43-29-13(10-30)11-40/h11,13-16,26,29-30,41H,3-10,12H2,1-2H3,(H,27,31)(H,28,32)(H,35,42)/t13-,14?,15?,16+/m1/s1. The number of amides is 2. The third-order valence-electron chi connectivity index (χ3n) is 6.01. The number of aliphatic hydroxyl groups excluding tert-OH is 1. The minimum Gasteiger partial charge on any atom is -0.488 e. The van der Waals surface area contributed by atoms with Gasteiger partial charge in [0.2, 0.25) is 5.12 Å². The van der Waals surface area contributed by atoms with Gasteiger partial charge in [-0.15, -0.1) is 24.0 Å². The van der Waals surface area contributed by atoms with Crippen molar-refractivity contribution in [3.05, 3.63) is 9.75 Å². The van der Waals surface area contributed by atoms with Crippen LogP contribution < -0.4 is 30.1 Å². The van der Waals surface area contributed by atoms with E-state index in [1.54, 1.807) is 0 Å². The molecule has 14 nitrogen and oxygen atoms in total. The van der Waals surface area contributed by atoms with Crippen molar-refractivity contribution < 1.29 is 48.0 Å². The lowest BCUT2D eigenvalue weighted by Gasteiger charge is -2.18. The molecule has 0 aromatic carbocycles. The average Bonchev–Trinajstić information content (AvgIpc) is 3.21. The fourth-order valence-corrected chi connectivity index (χ4v) is 6.37. The van der Waals surface area contributed by atoms with Gasteiger partial charge in [-0.2, -0.15) is 12.6 Å². The van der Waals surface area contributed by atoms with Gasteiger partial charge < -0.3 is 40.0 Å².